The molecule has 2 rings (SSSR count). The van der Waals surface area contributed by atoms with Gasteiger partial charge >= 0.3 is 0 Å². The molecule has 0 amide bonds. The van der Waals surface area contributed by atoms with Gasteiger partial charge in [0, 0.05) is 11.0 Å². The van der Waals surface area contributed by atoms with Crippen molar-refractivity contribution in [3.05, 3.63) is 29.2 Å². The van der Waals surface area contributed by atoms with Crippen LogP contribution in [-0.2, 0) is 9.84 Å². The zero-order chi connectivity index (χ0) is 11.8. The number of phenols is 1. The molecule has 1 aromatic rings. The highest BCUT2D eigenvalue weighted by Crippen LogP contribution is 2.40. The number of fused-ring (bicyclic) bond motifs is 1. The molecule has 1 heterocycles. The van der Waals surface area contributed by atoms with E-state index in [0.717, 1.165) is 0 Å². The molecule has 0 aromatic heterocycles. The molecule has 0 saturated heterocycles. The SMILES string of the molecule is NCCCC1=CS(=O)(=O)c2cccc(O)c21. The minimum absolute atomic E-state index is 0.0156. The zero-order valence-corrected chi connectivity index (χ0v) is 9.50. The molecule has 0 saturated carbocycles. The van der Waals surface area contributed by atoms with Crippen molar-refractivity contribution in [1.82, 2.24) is 0 Å². The van der Waals surface area contributed by atoms with E-state index in [9.17, 15) is 13.5 Å². The lowest BCUT2D eigenvalue weighted by atomic mass is 10.0. The van der Waals surface area contributed by atoms with Crippen LogP contribution < -0.4 is 5.73 Å². The van der Waals surface area contributed by atoms with Crippen LogP contribution in [-0.4, -0.2) is 20.1 Å². The van der Waals surface area contributed by atoms with Gasteiger partial charge in [-0.25, -0.2) is 8.42 Å². The molecule has 0 aliphatic carbocycles. The summed E-state index contributed by atoms with van der Waals surface area (Å²) in [5, 5.41) is 10.9. The summed E-state index contributed by atoms with van der Waals surface area (Å²) in [5.74, 6) is 0.0156. The van der Waals surface area contributed by atoms with Crippen LogP contribution in [0.1, 0.15) is 18.4 Å². The summed E-state index contributed by atoms with van der Waals surface area (Å²) in [4.78, 5) is 0.194. The maximum Gasteiger partial charge on any atom is 0.200 e. The van der Waals surface area contributed by atoms with Crippen LogP contribution >= 0.6 is 0 Å². The molecule has 1 aliphatic rings. The molecule has 0 atom stereocenters. The van der Waals surface area contributed by atoms with E-state index in [-0.39, 0.29) is 10.6 Å². The van der Waals surface area contributed by atoms with Crippen molar-refractivity contribution in [1.29, 1.82) is 0 Å². The van der Waals surface area contributed by atoms with Crippen LogP contribution in [0.2, 0.25) is 0 Å². The smallest absolute Gasteiger partial charge is 0.200 e. The van der Waals surface area contributed by atoms with Crippen LogP contribution in [0.25, 0.3) is 5.57 Å². The summed E-state index contributed by atoms with van der Waals surface area (Å²) in [6.45, 7) is 0.500. The number of phenolic OH excluding ortho intramolecular Hbond substituents is 1. The Bertz CT molecular complexity index is 546. The Kier molecular flexibility index (Phi) is 2.73. The predicted molar refractivity (Wildman–Crippen MR) is 61.6 cm³/mol. The predicted octanol–water partition coefficient (Wildman–Crippen LogP) is 1.26. The van der Waals surface area contributed by atoms with E-state index in [2.05, 4.69) is 0 Å². The second-order valence-electron chi connectivity index (χ2n) is 3.73. The average molecular weight is 239 g/mol. The van der Waals surface area contributed by atoms with Gasteiger partial charge in [-0.05, 0) is 37.1 Å². The maximum absolute atomic E-state index is 11.8. The molecule has 4 nitrogen and oxygen atoms in total. The summed E-state index contributed by atoms with van der Waals surface area (Å²) >= 11 is 0. The zero-order valence-electron chi connectivity index (χ0n) is 8.68. The fourth-order valence-electron chi connectivity index (χ4n) is 1.87. The summed E-state index contributed by atoms with van der Waals surface area (Å²) in [7, 11) is -3.37. The van der Waals surface area contributed by atoms with Crippen LogP contribution in [0.5, 0.6) is 5.75 Å². The number of aromatic hydroxyl groups is 1. The Morgan fingerprint density at radius 2 is 2.06 bits per heavy atom. The molecule has 0 spiro atoms. The molecule has 16 heavy (non-hydrogen) atoms. The second-order valence-corrected chi connectivity index (χ2v) is 5.50. The van der Waals surface area contributed by atoms with Crippen LogP contribution in [0, 0.1) is 0 Å². The van der Waals surface area contributed by atoms with Gasteiger partial charge in [-0.15, -0.1) is 0 Å². The molecule has 3 N–H and O–H groups in total. The highest BCUT2D eigenvalue weighted by Gasteiger charge is 2.28. The van der Waals surface area contributed by atoms with Gasteiger partial charge < -0.3 is 10.8 Å². The van der Waals surface area contributed by atoms with E-state index in [0.29, 0.717) is 30.5 Å². The minimum Gasteiger partial charge on any atom is -0.507 e. The Morgan fingerprint density at radius 3 is 2.75 bits per heavy atom. The molecule has 5 heteroatoms. The number of hydrogen-bond donors (Lipinski definition) is 2. The van der Waals surface area contributed by atoms with E-state index >= 15 is 0 Å². The number of nitrogens with two attached hydrogens (primary N) is 1. The van der Waals surface area contributed by atoms with Gasteiger partial charge in [0.1, 0.15) is 5.75 Å². The first-order chi connectivity index (χ1) is 7.56. The minimum atomic E-state index is -3.37. The molecule has 0 radical (unpaired) electrons. The lowest BCUT2D eigenvalue weighted by molar-refractivity contribution is 0.471. The van der Waals surface area contributed by atoms with E-state index in [1.165, 1.54) is 23.6 Å². The fourth-order valence-corrected chi connectivity index (χ4v) is 3.39. The second kappa shape index (κ2) is 3.92. The van der Waals surface area contributed by atoms with Gasteiger partial charge in [0.25, 0.3) is 0 Å². The molecule has 0 unspecified atom stereocenters. The van der Waals surface area contributed by atoms with E-state index in [1.807, 2.05) is 0 Å². The number of allylic oxidation sites excluding steroid dienone is 1. The Balaban J connectivity index is 2.53. The maximum atomic E-state index is 11.8. The summed E-state index contributed by atoms with van der Waals surface area (Å²) in [6.07, 6.45) is 1.27. The van der Waals surface area contributed by atoms with Crippen molar-refractivity contribution in [2.45, 2.75) is 17.7 Å². The first-order valence-corrected chi connectivity index (χ1v) is 6.59. The molecule has 86 valence electrons. The lowest BCUT2D eigenvalue weighted by Gasteiger charge is -2.05. The molecule has 0 bridgehead atoms. The van der Waals surface area contributed by atoms with Gasteiger partial charge in [0.05, 0.1) is 4.90 Å². The topological polar surface area (TPSA) is 80.4 Å². The van der Waals surface area contributed by atoms with Crippen molar-refractivity contribution >= 4 is 15.4 Å². The van der Waals surface area contributed by atoms with Crippen LogP contribution in [0.3, 0.4) is 0 Å². The van der Waals surface area contributed by atoms with Crippen LogP contribution in [0.4, 0.5) is 0 Å². The van der Waals surface area contributed by atoms with Gasteiger partial charge in [-0.2, -0.15) is 0 Å². The van der Waals surface area contributed by atoms with Gasteiger partial charge in [-0.3, -0.25) is 0 Å². The van der Waals surface area contributed by atoms with E-state index < -0.39 is 9.84 Å². The van der Waals surface area contributed by atoms with Gasteiger partial charge in [-0.1, -0.05) is 6.07 Å². The van der Waals surface area contributed by atoms with Crippen molar-refractivity contribution in [3.63, 3.8) is 0 Å². The number of rotatable bonds is 3. The van der Waals surface area contributed by atoms with Crippen molar-refractivity contribution in [3.8, 4) is 5.75 Å². The van der Waals surface area contributed by atoms with Crippen molar-refractivity contribution in [2.24, 2.45) is 5.73 Å². The third kappa shape index (κ3) is 1.72. The van der Waals surface area contributed by atoms with Crippen molar-refractivity contribution < 1.29 is 13.5 Å². The Morgan fingerprint density at radius 1 is 1.31 bits per heavy atom. The van der Waals surface area contributed by atoms with E-state index in [4.69, 9.17) is 5.73 Å². The van der Waals surface area contributed by atoms with Crippen LogP contribution in [0.15, 0.2) is 28.5 Å². The quantitative estimate of drug-likeness (QED) is 0.832. The summed E-state index contributed by atoms with van der Waals surface area (Å²) < 4.78 is 23.5. The number of benzene rings is 1. The number of sulfone groups is 1. The summed E-state index contributed by atoms with van der Waals surface area (Å²) in [6, 6.07) is 4.54. The molecule has 1 aromatic carbocycles. The fraction of sp³-hybridized carbons (Fsp3) is 0.273. The Hall–Kier alpha value is -1.33. The third-order valence-electron chi connectivity index (χ3n) is 2.58. The highest BCUT2D eigenvalue weighted by molar-refractivity contribution is 7.95. The molecule has 1 aliphatic heterocycles. The first-order valence-electron chi connectivity index (χ1n) is 5.04. The molecular weight excluding hydrogens is 226 g/mol. The van der Waals surface area contributed by atoms with Gasteiger partial charge in [0.2, 0.25) is 9.84 Å². The average Bonchev–Trinajstić information content (AvgIpc) is 2.49. The highest BCUT2D eigenvalue weighted by atomic mass is 32.2. The number of hydrogen-bond acceptors (Lipinski definition) is 4. The molecule has 0 fully saturated rings. The Labute approximate surface area is 94.3 Å². The largest absolute Gasteiger partial charge is 0.507 e. The van der Waals surface area contributed by atoms with E-state index in [1.54, 1.807) is 0 Å². The lowest BCUT2D eigenvalue weighted by Crippen LogP contribution is -1.98. The normalized spacial score (nSPS) is 16.9. The third-order valence-corrected chi connectivity index (χ3v) is 4.13. The first kappa shape index (κ1) is 11.2. The molecular formula is C11H13NO3S. The summed E-state index contributed by atoms with van der Waals surface area (Å²) in [5.41, 5.74) is 6.49. The monoisotopic (exact) mass is 239 g/mol. The standard InChI is InChI=1S/C11H13NO3S/c12-6-2-3-8-7-16(14,15)10-5-1-4-9(13)11(8)10/h1,4-5,7,13H,2-3,6,12H2. The van der Waals surface area contributed by atoms with Gasteiger partial charge in [0.15, 0.2) is 0 Å². The van der Waals surface area contributed by atoms with Crippen molar-refractivity contribution in [2.75, 3.05) is 6.54 Å².